The highest BCUT2D eigenvalue weighted by atomic mass is 32.1. The first-order valence-corrected chi connectivity index (χ1v) is 8.05. The van der Waals surface area contributed by atoms with Crippen LogP contribution in [0.1, 0.15) is 51.1 Å². The van der Waals surface area contributed by atoms with Crippen LogP contribution in [0.25, 0.3) is 0 Å². The third kappa shape index (κ3) is 2.95. The molecule has 1 aliphatic rings. The van der Waals surface area contributed by atoms with Gasteiger partial charge in [-0.05, 0) is 55.1 Å². The molecule has 1 aliphatic carbocycles. The van der Waals surface area contributed by atoms with Gasteiger partial charge in [0.15, 0.2) is 0 Å². The van der Waals surface area contributed by atoms with Crippen molar-refractivity contribution in [2.24, 2.45) is 11.7 Å². The van der Waals surface area contributed by atoms with E-state index in [1.54, 1.807) is 11.3 Å². The minimum Gasteiger partial charge on any atom is -0.326 e. The van der Waals surface area contributed by atoms with Crippen LogP contribution in [0.3, 0.4) is 0 Å². The van der Waals surface area contributed by atoms with Gasteiger partial charge in [0, 0.05) is 12.1 Å². The van der Waals surface area contributed by atoms with E-state index in [4.69, 9.17) is 5.73 Å². The Morgan fingerprint density at radius 1 is 1.39 bits per heavy atom. The van der Waals surface area contributed by atoms with E-state index in [-0.39, 0.29) is 6.04 Å². The van der Waals surface area contributed by atoms with Crippen molar-refractivity contribution < 1.29 is 0 Å². The maximum atomic E-state index is 6.24. The second-order valence-corrected chi connectivity index (χ2v) is 6.64. The Hall–Kier alpha value is -0.380. The normalized spacial score (nSPS) is 28.3. The topological polar surface area (TPSA) is 29.3 Å². The Morgan fingerprint density at radius 2 is 2.11 bits per heavy atom. The molecule has 2 N–H and O–H groups in total. The van der Waals surface area contributed by atoms with Crippen molar-refractivity contribution in [1.29, 1.82) is 0 Å². The highest BCUT2D eigenvalue weighted by Gasteiger charge is 2.31. The Labute approximate surface area is 115 Å². The van der Waals surface area contributed by atoms with Crippen molar-refractivity contribution >= 4 is 11.3 Å². The number of likely N-dealkylation sites (N-methyl/N-ethyl adjacent to an activating group) is 1. The molecule has 0 spiro atoms. The first kappa shape index (κ1) is 14.0. The summed E-state index contributed by atoms with van der Waals surface area (Å²) >= 11 is 1.77. The van der Waals surface area contributed by atoms with Gasteiger partial charge >= 0.3 is 0 Å². The van der Waals surface area contributed by atoms with Gasteiger partial charge in [0.25, 0.3) is 0 Å². The average molecular weight is 266 g/mol. The molecule has 0 radical (unpaired) electrons. The quantitative estimate of drug-likeness (QED) is 0.901. The predicted molar refractivity (Wildman–Crippen MR) is 79.9 cm³/mol. The Bertz CT molecular complexity index is 347. The van der Waals surface area contributed by atoms with Crippen LogP contribution in [0.4, 0.5) is 0 Å². The van der Waals surface area contributed by atoms with Crippen molar-refractivity contribution in [3.8, 4) is 0 Å². The largest absolute Gasteiger partial charge is 0.326 e. The van der Waals surface area contributed by atoms with Crippen LogP contribution < -0.4 is 5.73 Å². The number of hydrogen-bond acceptors (Lipinski definition) is 3. The SMILES string of the molecule is CC(N)C(c1ccsc1)N(C)C1CCCCC1C. The van der Waals surface area contributed by atoms with Gasteiger partial charge in [-0.3, -0.25) is 4.90 Å². The van der Waals surface area contributed by atoms with E-state index in [9.17, 15) is 0 Å². The molecule has 1 aromatic rings. The number of rotatable bonds is 4. The Morgan fingerprint density at radius 3 is 2.67 bits per heavy atom. The average Bonchev–Trinajstić information content (AvgIpc) is 2.82. The van der Waals surface area contributed by atoms with Crippen LogP contribution >= 0.6 is 11.3 Å². The fourth-order valence-corrected chi connectivity index (χ4v) is 4.15. The molecule has 0 amide bonds. The maximum Gasteiger partial charge on any atom is 0.0504 e. The first-order valence-electron chi connectivity index (χ1n) is 7.11. The van der Waals surface area contributed by atoms with E-state index >= 15 is 0 Å². The second kappa shape index (κ2) is 6.18. The van der Waals surface area contributed by atoms with Crippen LogP contribution in [-0.2, 0) is 0 Å². The highest BCUT2D eigenvalue weighted by Crippen LogP contribution is 2.34. The number of nitrogens with zero attached hydrogens (tertiary/aromatic N) is 1. The van der Waals surface area contributed by atoms with Crippen molar-refractivity contribution in [2.75, 3.05) is 7.05 Å². The van der Waals surface area contributed by atoms with Crippen molar-refractivity contribution in [3.63, 3.8) is 0 Å². The van der Waals surface area contributed by atoms with E-state index in [0.29, 0.717) is 12.1 Å². The van der Waals surface area contributed by atoms with Crippen molar-refractivity contribution in [2.45, 2.75) is 57.7 Å². The zero-order chi connectivity index (χ0) is 13.1. The number of nitrogens with two attached hydrogens (primary N) is 1. The van der Waals surface area contributed by atoms with Gasteiger partial charge < -0.3 is 5.73 Å². The smallest absolute Gasteiger partial charge is 0.0504 e. The summed E-state index contributed by atoms with van der Waals surface area (Å²) in [6.07, 6.45) is 5.46. The lowest BCUT2D eigenvalue weighted by atomic mass is 9.83. The maximum absolute atomic E-state index is 6.24. The molecule has 4 unspecified atom stereocenters. The lowest BCUT2D eigenvalue weighted by Gasteiger charge is -2.42. The lowest BCUT2D eigenvalue weighted by molar-refractivity contribution is 0.0861. The summed E-state index contributed by atoms with van der Waals surface area (Å²) in [7, 11) is 2.26. The molecular formula is C15H26N2S. The highest BCUT2D eigenvalue weighted by molar-refractivity contribution is 7.07. The van der Waals surface area contributed by atoms with E-state index in [2.05, 4.69) is 42.6 Å². The first-order chi connectivity index (χ1) is 8.61. The molecule has 2 rings (SSSR count). The van der Waals surface area contributed by atoms with Crippen LogP contribution in [0.2, 0.25) is 0 Å². The summed E-state index contributed by atoms with van der Waals surface area (Å²) < 4.78 is 0. The van der Waals surface area contributed by atoms with Crippen LogP contribution in [0, 0.1) is 5.92 Å². The lowest BCUT2D eigenvalue weighted by Crippen LogP contribution is -2.46. The summed E-state index contributed by atoms with van der Waals surface area (Å²) in [6.45, 7) is 4.53. The van der Waals surface area contributed by atoms with E-state index in [1.807, 2.05) is 0 Å². The molecule has 2 nitrogen and oxygen atoms in total. The third-order valence-electron chi connectivity index (χ3n) is 4.41. The predicted octanol–water partition coefficient (Wildman–Crippen LogP) is 3.65. The van der Waals surface area contributed by atoms with Gasteiger partial charge in [-0.1, -0.05) is 19.8 Å². The van der Waals surface area contributed by atoms with E-state index < -0.39 is 0 Å². The molecule has 1 saturated carbocycles. The number of thiophene rings is 1. The zero-order valence-electron chi connectivity index (χ0n) is 11.8. The summed E-state index contributed by atoms with van der Waals surface area (Å²) in [4.78, 5) is 2.54. The van der Waals surface area contributed by atoms with Gasteiger partial charge in [0.2, 0.25) is 0 Å². The molecule has 102 valence electrons. The minimum atomic E-state index is 0.179. The van der Waals surface area contributed by atoms with Gasteiger partial charge in [-0.25, -0.2) is 0 Å². The molecule has 0 bridgehead atoms. The Balaban J connectivity index is 2.15. The molecule has 3 heteroatoms. The fourth-order valence-electron chi connectivity index (χ4n) is 3.46. The standard InChI is InChI=1S/C15H26N2S/c1-11-6-4-5-7-14(11)17(3)15(12(2)16)13-8-9-18-10-13/h8-12,14-15H,4-7,16H2,1-3H3. The van der Waals surface area contributed by atoms with Gasteiger partial charge in [0.1, 0.15) is 0 Å². The Kier molecular flexibility index (Phi) is 4.82. The molecule has 0 aromatic carbocycles. The summed E-state index contributed by atoms with van der Waals surface area (Å²) in [5.74, 6) is 0.795. The monoisotopic (exact) mass is 266 g/mol. The molecule has 18 heavy (non-hydrogen) atoms. The van der Waals surface area contributed by atoms with Crippen LogP contribution in [-0.4, -0.2) is 24.0 Å². The molecule has 1 aromatic heterocycles. The molecular weight excluding hydrogens is 240 g/mol. The van der Waals surface area contributed by atoms with Gasteiger partial charge in [-0.15, -0.1) is 0 Å². The molecule has 1 heterocycles. The number of hydrogen-bond donors (Lipinski definition) is 1. The van der Waals surface area contributed by atoms with Crippen molar-refractivity contribution in [1.82, 2.24) is 4.90 Å². The molecule has 4 atom stereocenters. The fraction of sp³-hybridized carbons (Fsp3) is 0.733. The molecule has 0 aliphatic heterocycles. The van der Waals surface area contributed by atoms with Gasteiger partial charge in [-0.2, -0.15) is 11.3 Å². The van der Waals surface area contributed by atoms with Gasteiger partial charge in [0.05, 0.1) is 6.04 Å². The van der Waals surface area contributed by atoms with E-state index in [0.717, 1.165) is 5.92 Å². The summed E-state index contributed by atoms with van der Waals surface area (Å²) in [5.41, 5.74) is 7.63. The van der Waals surface area contributed by atoms with Crippen molar-refractivity contribution in [3.05, 3.63) is 22.4 Å². The van der Waals surface area contributed by atoms with E-state index in [1.165, 1.54) is 31.2 Å². The minimum absolute atomic E-state index is 0.179. The zero-order valence-corrected chi connectivity index (χ0v) is 12.6. The summed E-state index contributed by atoms with van der Waals surface area (Å²) in [6, 6.07) is 3.46. The van der Waals surface area contributed by atoms with Crippen LogP contribution in [0.15, 0.2) is 16.8 Å². The van der Waals surface area contributed by atoms with Crippen LogP contribution in [0.5, 0.6) is 0 Å². The third-order valence-corrected chi connectivity index (χ3v) is 5.11. The summed E-state index contributed by atoms with van der Waals surface area (Å²) in [5, 5.41) is 4.40. The molecule has 0 saturated heterocycles. The molecule has 1 fully saturated rings. The second-order valence-electron chi connectivity index (χ2n) is 5.86.